The molecule has 1 atom stereocenters. The van der Waals surface area contributed by atoms with Crippen LogP contribution in [0.25, 0.3) is 0 Å². The minimum absolute atomic E-state index is 0.0485. The van der Waals surface area contributed by atoms with Crippen LogP contribution in [0.1, 0.15) is 38.5 Å². The molecule has 2 aliphatic rings. The minimum atomic E-state index is -0.813. The highest BCUT2D eigenvalue weighted by molar-refractivity contribution is 6.06. The van der Waals surface area contributed by atoms with Gasteiger partial charge in [-0.1, -0.05) is 24.4 Å². The molecule has 19 heavy (non-hydrogen) atoms. The summed E-state index contributed by atoms with van der Waals surface area (Å²) in [5, 5.41) is 15.0. The molecule has 4 N–H and O–H groups in total. The summed E-state index contributed by atoms with van der Waals surface area (Å²) in [7, 11) is 0. The fourth-order valence-corrected chi connectivity index (χ4v) is 3.00. The number of amides is 1. The maximum atomic E-state index is 12.5. The smallest absolute Gasteiger partial charge is 0.233 e. The summed E-state index contributed by atoms with van der Waals surface area (Å²) in [5.41, 5.74) is 4.97. The highest BCUT2D eigenvalue weighted by atomic mass is 16.5. The van der Waals surface area contributed by atoms with Gasteiger partial charge in [-0.3, -0.25) is 4.79 Å². The van der Waals surface area contributed by atoms with Crippen molar-refractivity contribution in [3.63, 3.8) is 0 Å². The Hall–Kier alpha value is -1.30. The van der Waals surface area contributed by atoms with Crippen LogP contribution in [0.5, 0.6) is 0 Å². The highest BCUT2D eigenvalue weighted by Crippen LogP contribution is 2.36. The van der Waals surface area contributed by atoms with Crippen molar-refractivity contribution in [3.05, 3.63) is 0 Å². The van der Waals surface area contributed by atoms with E-state index in [2.05, 4.69) is 10.5 Å². The van der Waals surface area contributed by atoms with Gasteiger partial charge in [0.1, 0.15) is 5.41 Å². The first-order valence-electron chi connectivity index (χ1n) is 7.03. The van der Waals surface area contributed by atoms with Crippen molar-refractivity contribution in [3.8, 4) is 0 Å². The fraction of sp³-hybridized carbons (Fsp3) is 0.846. The zero-order chi connectivity index (χ0) is 13.7. The van der Waals surface area contributed by atoms with Gasteiger partial charge in [0, 0.05) is 19.1 Å². The van der Waals surface area contributed by atoms with Gasteiger partial charge in [0.2, 0.25) is 5.91 Å². The Bertz CT molecular complexity index is 345. The second kappa shape index (κ2) is 6.23. The first-order chi connectivity index (χ1) is 9.19. The van der Waals surface area contributed by atoms with Gasteiger partial charge in [0.15, 0.2) is 5.84 Å². The fourth-order valence-electron chi connectivity index (χ4n) is 3.00. The maximum Gasteiger partial charge on any atom is 0.233 e. The molecule has 6 heteroatoms. The number of rotatable bonds is 4. The molecule has 1 saturated heterocycles. The molecule has 6 nitrogen and oxygen atoms in total. The van der Waals surface area contributed by atoms with Crippen LogP contribution in [0.3, 0.4) is 0 Å². The quantitative estimate of drug-likeness (QED) is 0.305. The number of hydrogen-bond acceptors (Lipinski definition) is 4. The number of amidine groups is 1. The van der Waals surface area contributed by atoms with Crippen LogP contribution in [-0.2, 0) is 9.53 Å². The van der Waals surface area contributed by atoms with Gasteiger partial charge in [-0.2, -0.15) is 0 Å². The van der Waals surface area contributed by atoms with Crippen molar-refractivity contribution in [2.24, 2.45) is 22.2 Å². The van der Waals surface area contributed by atoms with E-state index in [1.165, 1.54) is 0 Å². The second-order valence-corrected chi connectivity index (χ2v) is 5.57. The Kier molecular flexibility index (Phi) is 4.63. The van der Waals surface area contributed by atoms with E-state index in [9.17, 15) is 4.79 Å². The monoisotopic (exact) mass is 269 g/mol. The summed E-state index contributed by atoms with van der Waals surface area (Å²) < 4.78 is 5.29. The molecule has 0 spiro atoms. The summed E-state index contributed by atoms with van der Waals surface area (Å²) in [4.78, 5) is 12.5. The number of hydrogen-bond donors (Lipinski definition) is 3. The molecule has 1 aliphatic heterocycles. The number of nitrogens with one attached hydrogen (secondary N) is 1. The lowest BCUT2D eigenvalue weighted by atomic mass is 9.72. The van der Waals surface area contributed by atoms with Crippen molar-refractivity contribution >= 4 is 11.7 Å². The van der Waals surface area contributed by atoms with Crippen molar-refractivity contribution < 1.29 is 14.7 Å². The third-order valence-electron chi connectivity index (χ3n) is 4.32. The molecule has 2 fully saturated rings. The molecule has 1 aliphatic carbocycles. The molecule has 1 heterocycles. The lowest BCUT2D eigenvalue weighted by Gasteiger charge is -2.34. The van der Waals surface area contributed by atoms with E-state index in [1.54, 1.807) is 0 Å². The molecule has 0 radical (unpaired) electrons. The predicted octanol–water partition coefficient (Wildman–Crippen LogP) is 0.836. The van der Waals surface area contributed by atoms with Crippen LogP contribution in [0.15, 0.2) is 5.16 Å². The Balaban J connectivity index is 1.98. The average Bonchev–Trinajstić information content (AvgIpc) is 2.97. The highest BCUT2D eigenvalue weighted by Gasteiger charge is 2.43. The zero-order valence-electron chi connectivity index (χ0n) is 11.2. The van der Waals surface area contributed by atoms with Crippen molar-refractivity contribution in [1.82, 2.24) is 5.32 Å². The third kappa shape index (κ3) is 3.00. The van der Waals surface area contributed by atoms with Crippen molar-refractivity contribution in [2.75, 3.05) is 19.8 Å². The molecule has 0 bridgehead atoms. The summed E-state index contributed by atoms with van der Waals surface area (Å²) in [6.07, 6.45) is 5.29. The first-order valence-corrected chi connectivity index (χ1v) is 7.03. The van der Waals surface area contributed by atoms with Gasteiger partial charge in [-0.05, 0) is 19.3 Å². The first kappa shape index (κ1) is 14.1. The molecule has 0 aromatic rings. The van der Waals surface area contributed by atoms with Gasteiger partial charge in [-0.15, -0.1) is 0 Å². The average molecular weight is 269 g/mol. The van der Waals surface area contributed by atoms with Crippen LogP contribution in [0, 0.1) is 11.3 Å². The number of carbonyl (C=O) groups excluding carboxylic acids is 1. The Morgan fingerprint density at radius 3 is 2.74 bits per heavy atom. The Morgan fingerprint density at radius 2 is 2.16 bits per heavy atom. The van der Waals surface area contributed by atoms with E-state index in [4.69, 9.17) is 15.7 Å². The zero-order valence-corrected chi connectivity index (χ0v) is 11.2. The number of carbonyl (C=O) groups is 1. The minimum Gasteiger partial charge on any atom is -0.409 e. The molecular weight excluding hydrogens is 246 g/mol. The third-order valence-corrected chi connectivity index (χ3v) is 4.32. The molecule has 2 rings (SSSR count). The van der Waals surface area contributed by atoms with Crippen molar-refractivity contribution in [1.29, 1.82) is 0 Å². The van der Waals surface area contributed by atoms with E-state index < -0.39 is 5.41 Å². The molecular formula is C13H23N3O3. The summed E-state index contributed by atoms with van der Waals surface area (Å²) in [5.74, 6) is 0.332. The standard InChI is InChI=1S/C13H23N3O3/c14-11(16-18)13(5-2-1-3-6-13)12(17)15-8-10-4-7-19-9-10/h10,18H,1-9H2,(H2,14,16)(H,15,17). The van der Waals surface area contributed by atoms with Gasteiger partial charge >= 0.3 is 0 Å². The van der Waals surface area contributed by atoms with Crippen molar-refractivity contribution in [2.45, 2.75) is 38.5 Å². The number of oxime groups is 1. The number of nitrogens with zero attached hydrogens (tertiary/aromatic N) is 1. The predicted molar refractivity (Wildman–Crippen MR) is 70.9 cm³/mol. The van der Waals surface area contributed by atoms with E-state index >= 15 is 0 Å². The summed E-state index contributed by atoms with van der Waals surface area (Å²) in [6.45, 7) is 2.09. The normalized spacial score (nSPS) is 27.2. The van der Waals surface area contributed by atoms with E-state index in [1.807, 2.05) is 0 Å². The second-order valence-electron chi connectivity index (χ2n) is 5.57. The van der Waals surface area contributed by atoms with Crippen LogP contribution in [0.4, 0.5) is 0 Å². The number of nitrogens with two attached hydrogens (primary N) is 1. The molecule has 1 saturated carbocycles. The number of ether oxygens (including phenoxy) is 1. The summed E-state index contributed by atoms with van der Waals surface area (Å²) in [6, 6.07) is 0. The largest absolute Gasteiger partial charge is 0.409 e. The van der Waals surface area contributed by atoms with Crippen LogP contribution in [0.2, 0.25) is 0 Å². The topological polar surface area (TPSA) is 96.9 Å². The lowest BCUT2D eigenvalue weighted by Crippen LogP contribution is -2.51. The van der Waals surface area contributed by atoms with E-state index in [0.29, 0.717) is 31.9 Å². The molecule has 108 valence electrons. The van der Waals surface area contributed by atoms with Crippen LogP contribution >= 0.6 is 0 Å². The van der Waals surface area contributed by atoms with E-state index in [-0.39, 0.29) is 11.7 Å². The van der Waals surface area contributed by atoms with E-state index in [0.717, 1.165) is 32.3 Å². The Morgan fingerprint density at radius 1 is 1.42 bits per heavy atom. The summed E-state index contributed by atoms with van der Waals surface area (Å²) >= 11 is 0. The molecule has 0 aromatic heterocycles. The van der Waals surface area contributed by atoms with Gasteiger partial charge < -0.3 is 21.0 Å². The Labute approximate surface area is 113 Å². The molecule has 1 unspecified atom stereocenters. The molecule has 0 aromatic carbocycles. The van der Waals surface area contributed by atoms with Crippen LogP contribution < -0.4 is 11.1 Å². The SMILES string of the molecule is NC(=NO)C1(C(=O)NCC2CCOC2)CCCCC1. The molecule has 1 amide bonds. The van der Waals surface area contributed by atoms with Gasteiger partial charge in [0.05, 0.1) is 6.61 Å². The lowest BCUT2D eigenvalue weighted by molar-refractivity contribution is -0.129. The van der Waals surface area contributed by atoms with Gasteiger partial charge in [-0.25, -0.2) is 0 Å². The van der Waals surface area contributed by atoms with Crippen LogP contribution in [-0.4, -0.2) is 36.7 Å². The van der Waals surface area contributed by atoms with Gasteiger partial charge in [0.25, 0.3) is 0 Å². The maximum absolute atomic E-state index is 12.5.